The number of fused-ring (bicyclic) bond motifs is 1. The first kappa shape index (κ1) is 19.7. The molecule has 2 rings (SSSR count). The predicted octanol–water partition coefficient (Wildman–Crippen LogP) is 4.42. The maximum Gasteiger partial charge on any atom is 0.336 e. The molecule has 0 N–H and O–H groups in total. The Kier molecular flexibility index (Phi) is 6.82. The van der Waals surface area contributed by atoms with E-state index in [1.165, 1.54) is 17.2 Å². The highest BCUT2D eigenvalue weighted by Crippen LogP contribution is 2.22. The lowest BCUT2D eigenvalue weighted by Crippen LogP contribution is -2.17. The van der Waals surface area contributed by atoms with E-state index < -0.39 is 9.84 Å². The van der Waals surface area contributed by atoms with Gasteiger partial charge in [-0.2, -0.15) is 0 Å². The van der Waals surface area contributed by atoms with Crippen LogP contribution in [0.4, 0.5) is 0 Å². The molecular formula is C20H28O4S. The second kappa shape index (κ2) is 8.65. The van der Waals surface area contributed by atoms with E-state index in [4.69, 9.17) is 4.42 Å². The highest BCUT2D eigenvalue weighted by atomic mass is 32.2. The van der Waals surface area contributed by atoms with Crippen molar-refractivity contribution in [1.82, 2.24) is 0 Å². The molecule has 1 aromatic carbocycles. The number of aryl methyl sites for hydroxylation is 2. The molecule has 0 amide bonds. The van der Waals surface area contributed by atoms with Gasteiger partial charge in [0.15, 0.2) is 9.84 Å². The van der Waals surface area contributed by atoms with Crippen LogP contribution in [-0.4, -0.2) is 19.4 Å². The Hall–Kier alpha value is -1.62. The van der Waals surface area contributed by atoms with Crippen molar-refractivity contribution < 1.29 is 12.8 Å². The average molecular weight is 365 g/mol. The van der Waals surface area contributed by atoms with E-state index in [9.17, 15) is 13.2 Å². The summed E-state index contributed by atoms with van der Waals surface area (Å²) in [5.74, 6) is 0.305. The highest BCUT2D eigenvalue weighted by Gasteiger charge is 2.14. The molecule has 0 saturated heterocycles. The van der Waals surface area contributed by atoms with Crippen molar-refractivity contribution in [3.63, 3.8) is 0 Å². The van der Waals surface area contributed by atoms with Crippen LogP contribution in [0, 0.1) is 6.92 Å². The number of sulfone groups is 1. The number of unbranched alkanes of at least 4 members (excludes halogenated alkanes) is 4. The van der Waals surface area contributed by atoms with Crippen molar-refractivity contribution in [2.75, 3.05) is 5.75 Å². The van der Waals surface area contributed by atoms with Crippen LogP contribution in [-0.2, 0) is 16.3 Å². The summed E-state index contributed by atoms with van der Waals surface area (Å²) in [7, 11) is -2.89. The van der Waals surface area contributed by atoms with Crippen LogP contribution in [0.25, 0.3) is 11.0 Å². The van der Waals surface area contributed by atoms with Gasteiger partial charge in [0, 0.05) is 11.5 Å². The molecular weight excluding hydrogens is 336 g/mol. The predicted molar refractivity (Wildman–Crippen MR) is 103 cm³/mol. The lowest BCUT2D eigenvalue weighted by atomic mass is 9.98. The smallest absolute Gasteiger partial charge is 0.336 e. The summed E-state index contributed by atoms with van der Waals surface area (Å²) in [5.41, 5.74) is 2.77. The molecule has 0 fully saturated rings. The van der Waals surface area contributed by atoms with E-state index in [2.05, 4.69) is 6.92 Å². The van der Waals surface area contributed by atoms with Crippen LogP contribution >= 0.6 is 0 Å². The summed E-state index contributed by atoms with van der Waals surface area (Å²) in [6.07, 6.45) is 5.96. The number of hydrogen-bond acceptors (Lipinski definition) is 4. The van der Waals surface area contributed by atoms with E-state index in [1.807, 2.05) is 18.2 Å². The Bertz CT molecular complexity index is 863. The lowest BCUT2D eigenvalue weighted by molar-refractivity contribution is 0.560. The van der Waals surface area contributed by atoms with Crippen LogP contribution in [0.1, 0.15) is 57.1 Å². The van der Waals surface area contributed by atoms with Gasteiger partial charge in [0.25, 0.3) is 0 Å². The Morgan fingerprint density at radius 1 is 0.960 bits per heavy atom. The Balaban J connectivity index is 1.77. The minimum absolute atomic E-state index is 0.271. The van der Waals surface area contributed by atoms with Crippen LogP contribution in [0.15, 0.2) is 33.5 Å². The van der Waals surface area contributed by atoms with Crippen LogP contribution in [0.5, 0.6) is 0 Å². The SMILES string of the molecule is Cc1c(CCCCCCCS(=O)(=O)C(C)C)ccc2oc(=O)ccc12. The monoisotopic (exact) mass is 364 g/mol. The van der Waals surface area contributed by atoms with Gasteiger partial charge in [-0.3, -0.25) is 0 Å². The third-order valence-corrected chi connectivity index (χ3v) is 7.07. The Morgan fingerprint density at radius 2 is 1.64 bits per heavy atom. The Labute approximate surface area is 150 Å². The number of benzene rings is 1. The van der Waals surface area contributed by atoms with Crippen molar-refractivity contribution in [3.05, 3.63) is 45.8 Å². The summed E-state index contributed by atoms with van der Waals surface area (Å²) >= 11 is 0. The molecule has 0 radical (unpaired) electrons. The molecule has 138 valence electrons. The van der Waals surface area contributed by atoms with Crippen LogP contribution in [0.2, 0.25) is 0 Å². The molecule has 2 aromatic rings. The van der Waals surface area contributed by atoms with Gasteiger partial charge in [-0.05, 0) is 63.3 Å². The van der Waals surface area contributed by atoms with Gasteiger partial charge < -0.3 is 4.42 Å². The second-order valence-corrected chi connectivity index (χ2v) is 9.63. The molecule has 0 aliphatic carbocycles. The van der Waals surface area contributed by atoms with Gasteiger partial charge in [0.1, 0.15) is 5.58 Å². The highest BCUT2D eigenvalue weighted by molar-refractivity contribution is 7.91. The molecule has 25 heavy (non-hydrogen) atoms. The molecule has 0 aliphatic rings. The topological polar surface area (TPSA) is 64.3 Å². The number of rotatable bonds is 9. The zero-order valence-electron chi connectivity index (χ0n) is 15.4. The third kappa shape index (κ3) is 5.43. The summed E-state index contributed by atoms with van der Waals surface area (Å²) in [5, 5.41) is 0.726. The minimum atomic E-state index is -2.89. The van der Waals surface area contributed by atoms with Gasteiger partial charge in [-0.25, -0.2) is 13.2 Å². The van der Waals surface area contributed by atoms with Crippen LogP contribution < -0.4 is 5.63 Å². The van der Waals surface area contributed by atoms with Gasteiger partial charge in [0.05, 0.1) is 11.0 Å². The zero-order chi connectivity index (χ0) is 18.4. The van der Waals surface area contributed by atoms with Crippen molar-refractivity contribution >= 4 is 20.8 Å². The normalized spacial score (nSPS) is 12.2. The first-order valence-corrected chi connectivity index (χ1v) is 10.8. The van der Waals surface area contributed by atoms with Gasteiger partial charge in [0.2, 0.25) is 0 Å². The Morgan fingerprint density at radius 3 is 2.36 bits per heavy atom. The average Bonchev–Trinajstić information content (AvgIpc) is 2.55. The second-order valence-electron chi connectivity index (χ2n) is 6.95. The largest absolute Gasteiger partial charge is 0.423 e. The summed E-state index contributed by atoms with van der Waals surface area (Å²) in [6, 6.07) is 7.20. The standard InChI is InChI=1S/C20H28O4S/c1-15(2)25(22,23)14-8-6-4-5-7-9-17-10-12-19-18(16(17)3)11-13-20(21)24-19/h10-13,15H,4-9,14H2,1-3H3. The fourth-order valence-electron chi connectivity index (χ4n) is 2.99. The van der Waals surface area contributed by atoms with Crippen molar-refractivity contribution in [1.29, 1.82) is 0 Å². The molecule has 0 bridgehead atoms. The van der Waals surface area contributed by atoms with E-state index >= 15 is 0 Å². The van der Waals surface area contributed by atoms with E-state index in [1.54, 1.807) is 13.8 Å². The lowest BCUT2D eigenvalue weighted by Gasteiger charge is -2.09. The maximum atomic E-state index is 11.7. The molecule has 4 nitrogen and oxygen atoms in total. The maximum absolute atomic E-state index is 11.7. The fraction of sp³-hybridized carbons (Fsp3) is 0.550. The molecule has 0 unspecified atom stereocenters. The van der Waals surface area contributed by atoms with Gasteiger partial charge in [-0.1, -0.05) is 25.3 Å². The van der Waals surface area contributed by atoms with Crippen molar-refractivity contribution in [2.24, 2.45) is 0 Å². The molecule has 1 aromatic heterocycles. The molecule has 0 atom stereocenters. The first-order valence-electron chi connectivity index (χ1n) is 9.05. The molecule has 0 aliphatic heterocycles. The van der Waals surface area contributed by atoms with E-state index in [-0.39, 0.29) is 10.9 Å². The number of hydrogen-bond donors (Lipinski definition) is 0. The summed E-state index contributed by atoms with van der Waals surface area (Å²) in [4.78, 5) is 11.3. The molecule has 0 saturated carbocycles. The minimum Gasteiger partial charge on any atom is -0.423 e. The van der Waals surface area contributed by atoms with E-state index in [0.29, 0.717) is 11.3 Å². The molecule has 5 heteroatoms. The van der Waals surface area contributed by atoms with E-state index in [0.717, 1.165) is 43.9 Å². The fourth-order valence-corrected chi connectivity index (χ4v) is 4.07. The van der Waals surface area contributed by atoms with Crippen LogP contribution in [0.3, 0.4) is 0 Å². The summed E-state index contributed by atoms with van der Waals surface area (Å²) < 4.78 is 28.7. The first-order chi connectivity index (χ1) is 11.8. The van der Waals surface area contributed by atoms with Crippen molar-refractivity contribution in [3.8, 4) is 0 Å². The zero-order valence-corrected chi connectivity index (χ0v) is 16.2. The summed E-state index contributed by atoms with van der Waals surface area (Å²) in [6.45, 7) is 5.55. The molecule has 0 spiro atoms. The third-order valence-electron chi connectivity index (χ3n) is 4.78. The van der Waals surface area contributed by atoms with Gasteiger partial charge in [-0.15, -0.1) is 0 Å². The molecule has 1 heterocycles. The van der Waals surface area contributed by atoms with Gasteiger partial charge >= 0.3 is 5.63 Å². The van der Waals surface area contributed by atoms with Crippen molar-refractivity contribution in [2.45, 2.75) is 64.5 Å². The quantitative estimate of drug-likeness (QED) is 0.488.